The monoisotopic (exact) mass is 250 g/mol. The molecule has 4 heteroatoms. The molecule has 1 aromatic rings. The molecule has 3 nitrogen and oxygen atoms in total. The number of hydrogen-bond donors (Lipinski definition) is 1. The molecule has 71 valence electrons. The van der Waals surface area contributed by atoms with Gasteiger partial charge >= 0.3 is 0 Å². The lowest BCUT2D eigenvalue weighted by Crippen LogP contribution is -2.06. The lowest BCUT2D eigenvalue weighted by Gasteiger charge is -2.05. The summed E-state index contributed by atoms with van der Waals surface area (Å²) >= 11 is 3.38. The number of halogens is 1. The summed E-state index contributed by atoms with van der Waals surface area (Å²) in [4.78, 5) is 0. The van der Waals surface area contributed by atoms with Gasteiger partial charge in [-0.05, 0) is 24.6 Å². The molecular weight excluding hydrogens is 242 g/mol. The Labute approximate surface area is 90.8 Å². The third-order valence-corrected chi connectivity index (χ3v) is 2.59. The van der Waals surface area contributed by atoms with Gasteiger partial charge in [-0.25, -0.2) is 0 Å². The van der Waals surface area contributed by atoms with Crippen LogP contribution in [-0.4, -0.2) is 0 Å². The Morgan fingerprint density at radius 1 is 1.14 bits per heavy atom. The summed E-state index contributed by atoms with van der Waals surface area (Å²) in [6.07, 6.45) is 0.491. The molecule has 0 amide bonds. The van der Waals surface area contributed by atoms with E-state index in [1.807, 2.05) is 31.2 Å². The highest BCUT2D eigenvalue weighted by molar-refractivity contribution is 9.10. The van der Waals surface area contributed by atoms with Gasteiger partial charge in [0, 0.05) is 10.0 Å². The van der Waals surface area contributed by atoms with Crippen LogP contribution in [0.5, 0.6) is 0 Å². The molecule has 14 heavy (non-hydrogen) atoms. The van der Waals surface area contributed by atoms with E-state index in [4.69, 9.17) is 5.73 Å². The molecule has 1 radical (unpaired) electrons. The summed E-state index contributed by atoms with van der Waals surface area (Å²) in [6, 6.07) is 7.93. The van der Waals surface area contributed by atoms with Crippen molar-refractivity contribution in [2.24, 2.45) is 16.0 Å². The second-order valence-electron chi connectivity index (χ2n) is 3.05. The van der Waals surface area contributed by atoms with Crippen molar-refractivity contribution in [3.05, 3.63) is 46.2 Å². The van der Waals surface area contributed by atoms with Crippen molar-refractivity contribution in [2.75, 3.05) is 0 Å². The maximum absolute atomic E-state index is 5.73. The van der Waals surface area contributed by atoms with Crippen molar-refractivity contribution in [1.29, 1.82) is 0 Å². The summed E-state index contributed by atoms with van der Waals surface area (Å²) in [5, 5.41) is 7.76. The molecule has 0 spiro atoms. The van der Waals surface area contributed by atoms with Crippen LogP contribution in [0.4, 0.5) is 0 Å². The second kappa shape index (κ2) is 3.63. The average Bonchev–Trinajstić information content (AvgIpc) is 2.49. The number of benzene rings is 1. The molecule has 0 atom stereocenters. The minimum absolute atomic E-state index is 0.491. The fourth-order valence-corrected chi connectivity index (χ4v) is 1.65. The molecule has 0 unspecified atom stereocenters. The maximum Gasteiger partial charge on any atom is 0.202 e. The Bertz CT molecular complexity index is 406. The van der Waals surface area contributed by atoms with E-state index >= 15 is 0 Å². The van der Waals surface area contributed by atoms with Crippen LogP contribution >= 0.6 is 15.9 Å². The Balaban J connectivity index is 2.41. The molecule has 0 aliphatic carbocycles. The third-order valence-electron chi connectivity index (χ3n) is 2.06. The summed E-state index contributed by atoms with van der Waals surface area (Å²) in [6.45, 7) is 1.90. The zero-order valence-corrected chi connectivity index (χ0v) is 9.25. The fraction of sp³-hybridized carbons (Fsp3) is 0.100. The summed E-state index contributed by atoms with van der Waals surface area (Å²) < 4.78 is 1.05. The van der Waals surface area contributed by atoms with E-state index < -0.39 is 0 Å². The molecule has 1 aromatic carbocycles. The number of azo groups is 1. The van der Waals surface area contributed by atoms with Crippen LogP contribution in [0.25, 0.3) is 5.57 Å². The molecule has 1 aliphatic rings. The highest BCUT2D eigenvalue weighted by atomic mass is 79.9. The molecule has 0 saturated carbocycles. The van der Waals surface area contributed by atoms with Gasteiger partial charge in [0.05, 0.1) is 5.70 Å². The normalized spacial score (nSPS) is 16.8. The fourth-order valence-electron chi connectivity index (χ4n) is 1.39. The standard InChI is InChI=1S/C10H9BrN3/c1-6-9(10(12)14-13-6)7-2-4-8(11)5-3-7/h2-5H,12H2,1H3. The Kier molecular flexibility index (Phi) is 2.48. The lowest BCUT2D eigenvalue weighted by atomic mass is 10.0. The molecule has 0 saturated heterocycles. The first-order valence-electron chi connectivity index (χ1n) is 4.20. The highest BCUT2D eigenvalue weighted by Crippen LogP contribution is 2.32. The minimum atomic E-state index is 0.491. The summed E-state index contributed by atoms with van der Waals surface area (Å²) in [5.41, 5.74) is 8.57. The van der Waals surface area contributed by atoms with Crippen molar-refractivity contribution in [3.8, 4) is 0 Å². The zero-order valence-electron chi connectivity index (χ0n) is 7.66. The van der Waals surface area contributed by atoms with Gasteiger partial charge in [0.1, 0.15) is 0 Å². The van der Waals surface area contributed by atoms with Gasteiger partial charge in [-0.3, -0.25) is 5.73 Å². The predicted molar refractivity (Wildman–Crippen MR) is 59.0 cm³/mol. The van der Waals surface area contributed by atoms with Crippen LogP contribution < -0.4 is 5.73 Å². The van der Waals surface area contributed by atoms with Crippen LogP contribution in [0.15, 0.2) is 44.7 Å². The molecule has 0 aromatic heterocycles. The smallest absolute Gasteiger partial charge is 0.202 e. The van der Waals surface area contributed by atoms with Crippen molar-refractivity contribution in [3.63, 3.8) is 0 Å². The third kappa shape index (κ3) is 1.63. The number of hydrogen-bond acceptors (Lipinski definition) is 3. The Hall–Kier alpha value is -1.00. The van der Waals surface area contributed by atoms with Gasteiger partial charge in [-0.15, -0.1) is 0 Å². The van der Waals surface area contributed by atoms with Gasteiger partial charge in [0.15, 0.2) is 0 Å². The van der Waals surface area contributed by atoms with Crippen LogP contribution in [0.3, 0.4) is 0 Å². The van der Waals surface area contributed by atoms with Crippen molar-refractivity contribution >= 4 is 21.5 Å². The van der Waals surface area contributed by atoms with Crippen LogP contribution in [0.1, 0.15) is 12.5 Å². The first kappa shape index (κ1) is 9.55. The second-order valence-corrected chi connectivity index (χ2v) is 3.97. The summed E-state index contributed by atoms with van der Waals surface area (Å²) in [7, 11) is 0. The number of rotatable bonds is 1. The summed E-state index contributed by atoms with van der Waals surface area (Å²) in [5.74, 6) is 0. The van der Waals surface area contributed by atoms with Crippen molar-refractivity contribution in [1.82, 2.24) is 0 Å². The number of allylic oxidation sites excluding steroid dienone is 1. The molecule has 2 rings (SSSR count). The number of nitrogens with zero attached hydrogens (tertiary/aromatic N) is 2. The molecule has 1 heterocycles. The Morgan fingerprint density at radius 2 is 1.79 bits per heavy atom. The maximum atomic E-state index is 5.73. The molecule has 1 aliphatic heterocycles. The van der Waals surface area contributed by atoms with E-state index in [2.05, 4.69) is 26.2 Å². The van der Waals surface area contributed by atoms with E-state index in [0.717, 1.165) is 21.3 Å². The van der Waals surface area contributed by atoms with E-state index in [1.165, 1.54) is 0 Å². The van der Waals surface area contributed by atoms with Gasteiger partial charge < -0.3 is 0 Å². The quantitative estimate of drug-likeness (QED) is 0.819. The first-order chi connectivity index (χ1) is 6.68. The van der Waals surface area contributed by atoms with Crippen LogP contribution in [0.2, 0.25) is 0 Å². The minimum Gasteiger partial charge on any atom is -0.298 e. The van der Waals surface area contributed by atoms with Gasteiger partial charge in [0.2, 0.25) is 6.17 Å². The van der Waals surface area contributed by atoms with Crippen molar-refractivity contribution in [2.45, 2.75) is 6.92 Å². The topological polar surface area (TPSA) is 50.7 Å². The highest BCUT2D eigenvalue weighted by Gasteiger charge is 2.20. The van der Waals surface area contributed by atoms with Crippen LogP contribution in [-0.2, 0) is 0 Å². The van der Waals surface area contributed by atoms with E-state index in [-0.39, 0.29) is 0 Å². The van der Waals surface area contributed by atoms with Gasteiger partial charge in [-0.2, -0.15) is 10.2 Å². The molecule has 0 bridgehead atoms. The molecule has 2 N–H and O–H groups in total. The largest absolute Gasteiger partial charge is 0.298 e. The van der Waals surface area contributed by atoms with E-state index in [9.17, 15) is 0 Å². The van der Waals surface area contributed by atoms with Gasteiger partial charge in [-0.1, -0.05) is 28.1 Å². The van der Waals surface area contributed by atoms with E-state index in [1.54, 1.807) is 0 Å². The lowest BCUT2D eigenvalue weighted by molar-refractivity contribution is 1.03. The Morgan fingerprint density at radius 3 is 2.29 bits per heavy atom. The first-order valence-corrected chi connectivity index (χ1v) is 4.99. The van der Waals surface area contributed by atoms with Gasteiger partial charge in [0.25, 0.3) is 0 Å². The predicted octanol–water partition coefficient (Wildman–Crippen LogP) is 3.09. The zero-order chi connectivity index (χ0) is 10.1. The SMILES string of the molecule is CC1=C(c2ccc(Br)cc2)[C](N)N=N1. The van der Waals surface area contributed by atoms with Crippen molar-refractivity contribution < 1.29 is 0 Å². The van der Waals surface area contributed by atoms with Crippen LogP contribution in [0, 0.1) is 6.17 Å². The number of nitrogens with two attached hydrogens (primary N) is 1. The average molecular weight is 251 g/mol. The molecule has 0 fully saturated rings. The molecular formula is C10H9BrN3. The van der Waals surface area contributed by atoms with E-state index in [0.29, 0.717) is 6.17 Å².